The molecule has 1 N–H and O–H groups in total. The van der Waals surface area contributed by atoms with Crippen molar-refractivity contribution in [3.63, 3.8) is 0 Å². The molecule has 0 heterocycles. The molecule has 4 heteroatoms. The van der Waals surface area contributed by atoms with E-state index < -0.39 is 0 Å². The molecule has 0 fully saturated rings. The van der Waals surface area contributed by atoms with Gasteiger partial charge in [0, 0.05) is 10.9 Å². The first kappa shape index (κ1) is 26.6. The van der Waals surface area contributed by atoms with Gasteiger partial charge in [-0.3, -0.25) is 4.79 Å². The van der Waals surface area contributed by atoms with Crippen LogP contribution in [0.5, 0.6) is 11.5 Å². The van der Waals surface area contributed by atoms with E-state index in [0.29, 0.717) is 17.7 Å². The Bertz CT molecular complexity index is 1180. The lowest BCUT2D eigenvalue weighted by molar-refractivity contribution is -0.0352. The van der Waals surface area contributed by atoms with E-state index in [4.69, 9.17) is 4.84 Å². The minimum Gasteiger partial charge on any atom is -0.506 e. The second kappa shape index (κ2) is 10.7. The van der Waals surface area contributed by atoms with E-state index in [1.54, 1.807) is 6.07 Å². The van der Waals surface area contributed by atoms with Gasteiger partial charge in [0.05, 0.1) is 12.1 Å². The Balaban J connectivity index is 2.05. The quantitative estimate of drug-likeness (QED) is 0.301. The van der Waals surface area contributed by atoms with Crippen LogP contribution in [0.2, 0.25) is 0 Å². The summed E-state index contributed by atoms with van der Waals surface area (Å²) < 4.78 is 0. The number of hydroxylamine groups is 2. The van der Waals surface area contributed by atoms with Crippen LogP contribution in [0.1, 0.15) is 95.6 Å². The van der Waals surface area contributed by atoms with Crippen molar-refractivity contribution >= 4 is 16.7 Å². The fourth-order valence-corrected chi connectivity index (χ4v) is 4.13. The van der Waals surface area contributed by atoms with Crippen LogP contribution < -0.4 is 4.84 Å². The fraction of sp³-hybridized carbons (Fsp3) is 0.452. The van der Waals surface area contributed by atoms with Crippen molar-refractivity contribution in [3.05, 3.63) is 71.3 Å². The monoisotopic (exact) mass is 475 g/mol. The molecule has 0 bridgehead atoms. The van der Waals surface area contributed by atoms with Gasteiger partial charge < -0.3 is 9.94 Å². The van der Waals surface area contributed by atoms with Gasteiger partial charge in [-0.05, 0) is 53.2 Å². The van der Waals surface area contributed by atoms with Crippen molar-refractivity contribution in [1.82, 2.24) is 5.06 Å². The highest BCUT2D eigenvalue weighted by molar-refractivity contribution is 6.03. The third kappa shape index (κ3) is 5.63. The lowest BCUT2D eigenvalue weighted by Gasteiger charge is -2.32. The van der Waals surface area contributed by atoms with E-state index in [1.807, 2.05) is 36.4 Å². The maximum absolute atomic E-state index is 13.7. The average molecular weight is 476 g/mol. The van der Waals surface area contributed by atoms with Crippen LogP contribution in [0, 0.1) is 0 Å². The third-order valence-electron chi connectivity index (χ3n) is 7.54. The van der Waals surface area contributed by atoms with Crippen LogP contribution >= 0.6 is 0 Å². The number of aromatic hydroxyl groups is 1. The third-order valence-corrected chi connectivity index (χ3v) is 7.54. The zero-order valence-electron chi connectivity index (χ0n) is 22.4. The SMILES string of the molecule is CCCCN(Oc1ccc(C(C)(C)CC)cc1C(C)(C)CC)C(=O)c1ccc2ccccc2c1O. The fourth-order valence-electron chi connectivity index (χ4n) is 4.13. The van der Waals surface area contributed by atoms with Crippen LogP contribution in [0.3, 0.4) is 0 Å². The standard InChI is InChI=1S/C31H41NO3/c1-8-11-20-32(29(34)25-18-16-22-14-12-13-15-24(22)28(25)33)35-27-19-17-23(30(4,5)9-2)21-26(27)31(6,7)10-3/h12-19,21,33H,8-11,20H2,1-7H3. The number of phenolic OH excluding ortho intramolecular Hbond substituents is 1. The van der Waals surface area contributed by atoms with E-state index in [-0.39, 0.29) is 28.1 Å². The number of fused-ring (bicyclic) bond motifs is 1. The van der Waals surface area contributed by atoms with Crippen LogP contribution in [-0.2, 0) is 10.8 Å². The molecule has 0 unspecified atom stereocenters. The Morgan fingerprint density at radius 2 is 1.60 bits per heavy atom. The van der Waals surface area contributed by atoms with Crippen molar-refractivity contribution in [3.8, 4) is 11.5 Å². The van der Waals surface area contributed by atoms with Crippen molar-refractivity contribution in [1.29, 1.82) is 0 Å². The molecular formula is C31H41NO3. The number of benzene rings is 3. The highest BCUT2D eigenvalue weighted by Gasteiger charge is 2.29. The Morgan fingerprint density at radius 3 is 2.26 bits per heavy atom. The smallest absolute Gasteiger partial charge is 0.290 e. The average Bonchev–Trinajstić information content (AvgIpc) is 2.86. The molecule has 35 heavy (non-hydrogen) atoms. The lowest BCUT2D eigenvalue weighted by Crippen LogP contribution is -2.36. The molecule has 3 aromatic rings. The zero-order chi connectivity index (χ0) is 25.8. The van der Waals surface area contributed by atoms with Crippen molar-refractivity contribution in [2.75, 3.05) is 6.54 Å². The first-order valence-corrected chi connectivity index (χ1v) is 12.9. The minimum absolute atomic E-state index is 0.00708. The van der Waals surface area contributed by atoms with Crippen LogP contribution in [0.15, 0.2) is 54.6 Å². The van der Waals surface area contributed by atoms with Crippen molar-refractivity contribution in [2.45, 2.75) is 85.0 Å². The first-order valence-electron chi connectivity index (χ1n) is 12.9. The summed E-state index contributed by atoms with van der Waals surface area (Å²) in [6.07, 6.45) is 3.69. The molecule has 3 rings (SSSR count). The van der Waals surface area contributed by atoms with Gasteiger partial charge in [0.2, 0.25) is 0 Å². The molecule has 0 aliphatic heterocycles. The van der Waals surface area contributed by atoms with Crippen LogP contribution in [0.25, 0.3) is 10.8 Å². The number of carbonyl (C=O) groups is 1. The number of rotatable bonds is 10. The molecule has 0 saturated carbocycles. The van der Waals surface area contributed by atoms with Gasteiger partial charge in [0.1, 0.15) is 5.75 Å². The topological polar surface area (TPSA) is 49.8 Å². The van der Waals surface area contributed by atoms with Gasteiger partial charge in [-0.2, -0.15) is 5.06 Å². The maximum Gasteiger partial charge on any atom is 0.290 e. The molecule has 0 atom stereocenters. The largest absolute Gasteiger partial charge is 0.506 e. The van der Waals surface area contributed by atoms with Crippen molar-refractivity contribution < 1.29 is 14.7 Å². The molecule has 3 aromatic carbocycles. The molecule has 0 aliphatic carbocycles. The normalized spacial score (nSPS) is 12.1. The maximum atomic E-state index is 13.7. The van der Waals surface area contributed by atoms with Crippen LogP contribution in [-0.4, -0.2) is 22.6 Å². The molecule has 0 aromatic heterocycles. The number of phenols is 1. The summed E-state index contributed by atoms with van der Waals surface area (Å²) in [5.41, 5.74) is 2.53. The van der Waals surface area contributed by atoms with Gasteiger partial charge in [0.15, 0.2) is 5.75 Å². The summed E-state index contributed by atoms with van der Waals surface area (Å²) in [6.45, 7) is 15.8. The summed E-state index contributed by atoms with van der Waals surface area (Å²) in [7, 11) is 0. The molecule has 0 spiro atoms. The zero-order valence-corrected chi connectivity index (χ0v) is 22.4. The number of unbranched alkanes of at least 4 members (excludes halogenated alkanes) is 1. The first-order chi connectivity index (χ1) is 16.6. The second-order valence-corrected chi connectivity index (χ2v) is 10.7. The Kier molecular flexibility index (Phi) is 8.15. The van der Waals surface area contributed by atoms with E-state index in [0.717, 1.165) is 36.6 Å². The molecular weight excluding hydrogens is 434 g/mol. The molecule has 188 valence electrons. The second-order valence-electron chi connectivity index (χ2n) is 10.7. The highest BCUT2D eigenvalue weighted by atomic mass is 16.7. The number of amides is 1. The Labute approximate surface area is 210 Å². The molecule has 4 nitrogen and oxygen atoms in total. The summed E-state index contributed by atoms with van der Waals surface area (Å²) in [6, 6.07) is 17.5. The molecule has 0 aliphatic rings. The van der Waals surface area contributed by atoms with E-state index in [9.17, 15) is 9.90 Å². The van der Waals surface area contributed by atoms with Gasteiger partial charge in [0.25, 0.3) is 5.91 Å². The van der Waals surface area contributed by atoms with Gasteiger partial charge >= 0.3 is 0 Å². The predicted molar refractivity (Wildman–Crippen MR) is 145 cm³/mol. The summed E-state index contributed by atoms with van der Waals surface area (Å²) >= 11 is 0. The summed E-state index contributed by atoms with van der Waals surface area (Å²) in [4.78, 5) is 20.1. The Hall–Kier alpha value is -3.01. The molecule has 0 saturated heterocycles. The van der Waals surface area contributed by atoms with Gasteiger partial charge in [-0.25, -0.2) is 0 Å². The lowest BCUT2D eigenvalue weighted by atomic mass is 9.76. The van der Waals surface area contributed by atoms with Gasteiger partial charge in [-0.15, -0.1) is 0 Å². The molecule has 1 amide bonds. The number of hydrogen-bond donors (Lipinski definition) is 1. The number of hydrogen-bond acceptors (Lipinski definition) is 3. The van der Waals surface area contributed by atoms with E-state index in [2.05, 4.69) is 60.6 Å². The summed E-state index contributed by atoms with van der Waals surface area (Å²) in [5.74, 6) is 0.351. The number of carbonyl (C=O) groups excluding carboxylic acids is 1. The number of nitrogens with zero attached hydrogens (tertiary/aromatic N) is 1. The highest BCUT2D eigenvalue weighted by Crippen LogP contribution is 2.39. The summed E-state index contributed by atoms with van der Waals surface area (Å²) in [5, 5.41) is 13.9. The molecule has 0 radical (unpaired) electrons. The minimum atomic E-state index is -0.333. The van der Waals surface area contributed by atoms with E-state index in [1.165, 1.54) is 10.6 Å². The van der Waals surface area contributed by atoms with E-state index >= 15 is 0 Å². The predicted octanol–water partition coefficient (Wildman–Crippen LogP) is 8.16. The van der Waals surface area contributed by atoms with Crippen LogP contribution in [0.4, 0.5) is 0 Å². The van der Waals surface area contributed by atoms with Crippen molar-refractivity contribution in [2.24, 2.45) is 0 Å². The Morgan fingerprint density at radius 1 is 0.914 bits per heavy atom. The van der Waals surface area contributed by atoms with Gasteiger partial charge in [-0.1, -0.05) is 97.4 Å².